The number of carbonyl (C=O) groups excluding carboxylic acids is 1. The van der Waals surface area contributed by atoms with Gasteiger partial charge in [0, 0.05) is 12.7 Å². The van der Waals surface area contributed by atoms with E-state index in [1.165, 1.54) is 4.90 Å². The van der Waals surface area contributed by atoms with Gasteiger partial charge in [-0.2, -0.15) is 10.4 Å². The first-order valence-electron chi connectivity index (χ1n) is 6.53. The molecule has 2 rings (SSSR count). The molecule has 0 N–H and O–H groups in total. The third-order valence-corrected chi connectivity index (χ3v) is 2.87. The van der Waals surface area contributed by atoms with E-state index < -0.39 is 0 Å². The molecule has 0 radical (unpaired) electrons. The lowest BCUT2D eigenvalue weighted by Crippen LogP contribution is -2.32. The quantitative estimate of drug-likeness (QED) is 0.781. The molecule has 0 atom stereocenters. The Hall–Kier alpha value is -2.61. The minimum absolute atomic E-state index is 0.0882. The Morgan fingerprint density at radius 2 is 2.10 bits per heavy atom. The molecule has 5 heteroatoms. The predicted molar refractivity (Wildman–Crippen MR) is 75.4 cm³/mol. The number of hydrogen-bond donors (Lipinski definition) is 0. The van der Waals surface area contributed by atoms with E-state index in [-0.39, 0.29) is 12.5 Å². The van der Waals surface area contributed by atoms with Crippen molar-refractivity contribution < 1.29 is 4.79 Å². The van der Waals surface area contributed by atoms with Crippen molar-refractivity contribution in [3.63, 3.8) is 0 Å². The Morgan fingerprint density at radius 1 is 1.35 bits per heavy atom. The second-order valence-corrected chi connectivity index (χ2v) is 4.37. The van der Waals surface area contributed by atoms with Crippen LogP contribution in [0.3, 0.4) is 0 Å². The van der Waals surface area contributed by atoms with E-state index in [9.17, 15) is 4.79 Å². The Morgan fingerprint density at radius 3 is 2.75 bits per heavy atom. The highest BCUT2D eigenvalue weighted by Crippen LogP contribution is 2.09. The molecule has 20 heavy (non-hydrogen) atoms. The van der Waals surface area contributed by atoms with Crippen LogP contribution in [0, 0.1) is 11.3 Å². The van der Waals surface area contributed by atoms with Gasteiger partial charge in [0.1, 0.15) is 6.54 Å². The van der Waals surface area contributed by atoms with E-state index >= 15 is 0 Å². The summed E-state index contributed by atoms with van der Waals surface area (Å²) in [6, 6.07) is 13.3. The monoisotopic (exact) mass is 268 g/mol. The van der Waals surface area contributed by atoms with Crippen LogP contribution in [-0.2, 0) is 0 Å². The van der Waals surface area contributed by atoms with Crippen LogP contribution in [0.4, 0.5) is 0 Å². The number of carbonyl (C=O) groups is 1. The highest BCUT2D eigenvalue weighted by Gasteiger charge is 2.17. The molecule has 0 bridgehead atoms. The fourth-order valence-corrected chi connectivity index (χ4v) is 1.93. The standard InChI is InChI=1S/C15H16N4O/c1-2-10-18(12-9-16)15(20)14-8-11-19(17-14)13-6-4-3-5-7-13/h3-8,11H,2,10,12H2,1H3. The minimum Gasteiger partial charge on any atom is -0.324 e. The SMILES string of the molecule is CCCN(CC#N)C(=O)c1ccn(-c2ccccc2)n1. The van der Waals surface area contributed by atoms with Crippen LogP contribution in [0.2, 0.25) is 0 Å². The van der Waals surface area contributed by atoms with Crippen molar-refractivity contribution in [1.29, 1.82) is 5.26 Å². The van der Waals surface area contributed by atoms with Gasteiger partial charge in [0.2, 0.25) is 0 Å². The molecule has 0 saturated carbocycles. The molecule has 5 nitrogen and oxygen atoms in total. The summed E-state index contributed by atoms with van der Waals surface area (Å²) in [5.74, 6) is -0.205. The Bertz CT molecular complexity index is 612. The number of nitrogens with zero attached hydrogens (tertiary/aromatic N) is 4. The number of benzene rings is 1. The Kier molecular flexibility index (Phi) is 4.51. The van der Waals surface area contributed by atoms with Crippen molar-refractivity contribution in [3.05, 3.63) is 48.3 Å². The van der Waals surface area contributed by atoms with Gasteiger partial charge >= 0.3 is 0 Å². The van der Waals surface area contributed by atoms with Crippen molar-refractivity contribution in [1.82, 2.24) is 14.7 Å². The molecule has 0 aliphatic rings. The van der Waals surface area contributed by atoms with Crippen molar-refractivity contribution in [2.24, 2.45) is 0 Å². The van der Waals surface area contributed by atoms with Gasteiger partial charge in [-0.15, -0.1) is 0 Å². The number of para-hydroxylation sites is 1. The Labute approximate surface area is 118 Å². The molecule has 2 aromatic rings. The average molecular weight is 268 g/mol. The maximum absolute atomic E-state index is 12.3. The molecule has 0 unspecified atom stereocenters. The predicted octanol–water partition coefficient (Wildman–Crippen LogP) is 2.25. The number of rotatable bonds is 5. The maximum Gasteiger partial charge on any atom is 0.275 e. The largest absolute Gasteiger partial charge is 0.324 e. The van der Waals surface area contributed by atoms with Crippen molar-refractivity contribution in [3.8, 4) is 11.8 Å². The second kappa shape index (κ2) is 6.53. The van der Waals surface area contributed by atoms with Crippen LogP contribution in [0.25, 0.3) is 5.69 Å². The summed E-state index contributed by atoms with van der Waals surface area (Å²) < 4.78 is 1.66. The molecular formula is C15H16N4O. The third kappa shape index (κ3) is 3.04. The zero-order valence-electron chi connectivity index (χ0n) is 11.4. The molecule has 0 fully saturated rings. The van der Waals surface area contributed by atoms with Crippen molar-refractivity contribution >= 4 is 5.91 Å². The van der Waals surface area contributed by atoms with Crippen molar-refractivity contribution in [2.75, 3.05) is 13.1 Å². The molecule has 102 valence electrons. The fourth-order valence-electron chi connectivity index (χ4n) is 1.93. The van der Waals surface area contributed by atoms with Gasteiger partial charge < -0.3 is 4.90 Å². The average Bonchev–Trinajstić information content (AvgIpc) is 2.97. The van der Waals surface area contributed by atoms with Crippen LogP contribution in [0.15, 0.2) is 42.6 Å². The fraction of sp³-hybridized carbons (Fsp3) is 0.267. The van der Waals surface area contributed by atoms with Gasteiger partial charge in [0.15, 0.2) is 5.69 Å². The highest BCUT2D eigenvalue weighted by atomic mass is 16.2. The van der Waals surface area contributed by atoms with Crippen LogP contribution < -0.4 is 0 Å². The lowest BCUT2D eigenvalue weighted by atomic mass is 10.3. The molecule has 0 spiro atoms. The summed E-state index contributed by atoms with van der Waals surface area (Å²) in [4.78, 5) is 13.8. The molecular weight excluding hydrogens is 252 g/mol. The van der Waals surface area contributed by atoms with Crippen LogP contribution in [0.1, 0.15) is 23.8 Å². The number of amides is 1. The van der Waals surface area contributed by atoms with E-state index in [0.717, 1.165) is 12.1 Å². The normalized spacial score (nSPS) is 10.0. The summed E-state index contributed by atoms with van der Waals surface area (Å²) >= 11 is 0. The highest BCUT2D eigenvalue weighted by molar-refractivity contribution is 5.92. The van der Waals surface area contributed by atoms with Gasteiger partial charge in [-0.05, 0) is 24.6 Å². The van der Waals surface area contributed by atoms with Gasteiger partial charge in [0.25, 0.3) is 5.91 Å². The van der Waals surface area contributed by atoms with E-state index in [0.29, 0.717) is 12.2 Å². The lowest BCUT2D eigenvalue weighted by Gasteiger charge is -2.16. The molecule has 0 aliphatic carbocycles. The molecule has 1 aromatic carbocycles. The van der Waals surface area contributed by atoms with E-state index in [4.69, 9.17) is 5.26 Å². The smallest absolute Gasteiger partial charge is 0.275 e. The first-order chi connectivity index (χ1) is 9.76. The van der Waals surface area contributed by atoms with Crippen LogP contribution in [0.5, 0.6) is 0 Å². The molecule has 1 aromatic heterocycles. The summed E-state index contributed by atoms with van der Waals surface area (Å²) in [6.07, 6.45) is 2.56. The van der Waals surface area contributed by atoms with Gasteiger partial charge in [0.05, 0.1) is 11.8 Å². The lowest BCUT2D eigenvalue weighted by molar-refractivity contribution is 0.0770. The molecule has 0 saturated heterocycles. The Balaban J connectivity index is 2.20. The summed E-state index contributed by atoms with van der Waals surface area (Å²) in [6.45, 7) is 2.62. The van der Waals surface area contributed by atoms with E-state index in [1.807, 2.05) is 43.3 Å². The zero-order chi connectivity index (χ0) is 14.4. The topological polar surface area (TPSA) is 61.9 Å². The van der Waals surface area contributed by atoms with Gasteiger partial charge in [-0.3, -0.25) is 4.79 Å². The van der Waals surface area contributed by atoms with Gasteiger partial charge in [-0.1, -0.05) is 25.1 Å². The third-order valence-electron chi connectivity index (χ3n) is 2.87. The first kappa shape index (κ1) is 13.8. The van der Waals surface area contributed by atoms with E-state index in [1.54, 1.807) is 16.9 Å². The molecule has 1 heterocycles. The van der Waals surface area contributed by atoms with Crippen LogP contribution >= 0.6 is 0 Å². The first-order valence-corrected chi connectivity index (χ1v) is 6.53. The zero-order valence-corrected chi connectivity index (χ0v) is 11.4. The van der Waals surface area contributed by atoms with E-state index in [2.05, 4.69) is 5.10 Å². The summed E-state index contributed by atoms with van der Waals surface area (Å²) in [7, 11) is 0. The van der Waals surface area contributed by atoms with Crippen LogP contribution in [-0.4, -0.2) is 33.7 Å². The minimum atomic E-state index is -0.205. The molecule has 0 aliphatic heterocycles. The number of aromatic nitrogens is 2. The van der Waals surface area contributed by atoms with Crippen molar-refractivity contribution in [2.45, 2.75) is 13.3 Å². The number of nitriles is 1. The summed E-state index contributed by atoms with van der Waals surface area (Å²) in [5, 5.41) is 13.1. The number of hydrogen-bond acceptors (Lipinski definition) is 3. The molecule has 1 amide bonds. The van der Waals surface area contributed by atoms with Gasteiger partial charge in [-0.25, -0.2) is 4.68 Å². The maximum atomic E-state index is 12.3. The summed E-state index contributed by atoms with van der Waals surface area (Å²) in [5.41, 5.74) is 1.26. The second-order valence-electron chi connectivity index (χ2n) is 4.37.